The van der Waals surface area contributed by atoms with Crippen molar-refractivity contribution in [1.82, 2.24) is 10.2 Å². The molecule has 21 heavy (non-hydrogen) atoms. The third kappa shape index (κ3) is 3.22. The third-order valence-electron chi connectivity index (χ3n) is 4.27. The van der Waals surface area contributed by atoms with Crippen molar-refractivity contribution in [3.8, 4) is 0 Å². The number of carbonyl (C=O) groups excluding carboxylic acids is 2. The molecule has 6 nitrogen and oxygen atoms in total. The lowest BCUT2D eigenvalue weighted by molar-refractivity contribution is -0.155. The van der Waals surface area contributed by atoms with E-state index in [4.69, 9.17) is 0 Å². The molecule has 0 spiro atoms. The number of nitrogens with zero attached hydrogens (tertiary/aromatic N) is 1. The van der Waals surface area contributed by atoms with Gasteiger partial charge in [-0.2, -0.15) is 0 Å². The molecule has 2 amide bonds. The summed E-state index contributed by atoms with van der Waals surface area (Å²) in [5.41, 5.74) is -0.989. The Balaban J connectivity index is 3.03. The zero-order valence-corrected chi connectivity index (χ0v) is 14.5. The van der Waals surface area contributed by atoms with Crippen LogP contribution in [0.2, 0.25) is 0 Å². The molecule has 1 N–H and O–H groups in total. The van der Waals surface area contributed by atoms with Gasteiger partial charge in [0.2, 0.25) is 11.8 Å². The summed E-state index contributed by atoms with van der Waals surface area (Å²) in [5, 5.41) is 2.65. The molecule has 122 valence electrons. The highest BCUT2D eigenvalue weighted by molar-refractivity contribution is 7.92. The average Bonchev–Trinajstić information content (AvgIpc) is 2.35. The Morgan fingerprint density at radius 3 is 2.24 bits per heavy atom. The van der Waals surface area contributed by atoms with E-state index < -0.39 is 26.2 Å². The minimum absolute atomic E-state index is 0.0422. The van der Waals surface area contributed by atoms with Crippen LogP contribution in [0.3, 0.4) is 0 Å². The first-order chi connectivity index (χ1) is 9.37. The second-order valence-corrected chi connectivity index (χ2v) is 9.61. The van der Waals surface area contributed by atoms with Crippen molar-refractivity contribution in [2.45, 2.75) is 64.3 Å². The van der Waals surface area contributed by atoms with Crippen molar-refractivity contribution < 1.29 is 18.0 Å². The molecular formula is C14H26N2O4S. The zero-order valence-electron chi connectivity index (χ0n) is 13.7. The maximum absolute atomic E-state index is 12.3. The van der Waals surface area contributed by atoms with Crippen LogP contribution in [-0.2, 0) is 19.4 Å². The Hall–Kier alpha value is -1.11. The van der Waals surface area contributed by atoms with Gasteiger partial charge in [-0.05, 0) is 41.0 Å². The molecular weight excluding hydrogens is 292 g/mol. The summed E-state index contributed by atoms with van der Waals surface area (Å²) in [7, 11) is -3.34. The molecule has 0 aromatic heterocycles. The molecule has 1 aliphatic heterocycles. The average molecular weight is 318 g/mol. The van der Waals surface area contributed by atoms with Gasteiger partial charge in [0.25, 0.3) is 0 Å². The number of nitrogens with one attached hydrogen (secondary N) is 1. The van der Waals surface area contributed by atoms with E-state index in [-0.39, 0.29) is 24.1 Å². The first kappa shape index (κ1) is 17.9. The summed E-state index contributed by atoms with van der Waals surface area (Å²) < 4.78 is 23.6. The van der Waals surface area contributed by atoms with Gasteiger partial charge in [-0.25, -0.2) is 8.42 Å². The monoisotopic (exact) mass is 318 g/mol. The lowest BCUT2D eigenvalue weighted by Crippen LogP contribution is -2.69. The van der Waals surface area contributed by atoms with E-state index in [1.54, 1.807) is 34.6 Å². The predicted octanol–water partition coefficient (Wildman–Crippen LogP) is 0.715. The van der Waals surface area contributed by atoms with Crippen LogP contribution in [0, 0.1) is 0 Å². The first-order valence-electron chi connectivity index (χ1n) is 7.21. The van der Waals surface area contributed by atoms with Gasteiger partial charge in [0.05, 0.1) is 10.5 Å². The van der Waals surface area contributed by atoms with Crippen LogP contribution >= 0.6 is 0 Å². The Kier molecular flexibility index (Phi) is 4.77. The summed E-state index contributed by atoms with van der Waals surface area (Å²) in [6, 6.07) is -0.616. The lowest BCUT2D eigenvalue weighted by Gasteiger charge is -2.45. The number of amides is 2. The van der Waals surface area contributed by atoms with Crippen molar-refractivity contribution >= 4 is 21.7 Å². The van der Waals surface area contributed by atoms with Crippen LogP contribution in [0.15, 0.2) is 0 Å². The van der Waals surface area contributed by atoms with Crippen molar-refractivity contribution in [2.24, 2.45) is 0 Å². The van der Waals surface area contributed by atoms with Gasteiger partial charge in [0.15, 0.2) is 9.84 Å². The first-order valence-corrected chi connectivity index (χ1v) is 8.87. The van der Waals surface area contributed by atoms with E-state index in [2.05, 4.69) is 5.32 Å². The normalized spacial score (nSPS) is 27.7. The summed E-state index contributed by atoms with van der Waals surface area (Å²) in [4.78, 5) is 25.9. The van der Waals surface area contributed by atoms with Gasteiger partial charge < -0.3 is 10.2 Å². The molecule has 2 unspecified atom stereocenters. The van der Waals surface area contributed by atoms with Gasteiger partial charge in [0, 0.05) is 6.54 Å². The number of sulfone groups is 1. The van der Waals surface area contributed by atoms with Crippen LogP contribution in [0.25, 0.3) is 0 Å². The minimum atomic E-state index is -3.34. The standard InChI is InChI=1S/C14H26N2O4S/c1-7-14(6)12(18)15-10(2)11(17)16(14)8-9-21(19,20)13(3,4)5/h10H,7-9H2,1-6H3,(H,15,18). The molecule has 0 bridgehead atoms. The second kappa shape index (κ2) is 5.59. The minimum Gasteiger partial charge on any atom is -0.343 e. The van der Waals surface area contributed by atoms with E-state index in [1.165, 1.54) is 4.90 Å². The number of hydrogen-bond acceptors (Lipinski definition) is 4. The lowest BCUT2D eigenvalue weighted by atomic mass is 9.91. The fourth-order valence-electron chi connectivity index (χ4n) is 2.24. The zero-order chi connectivity index (χ0) is 16.6. The van der Waals surface area contributed by atoms with E-state index in [0.717, 1.165) is 0 Å². The quantitative estimate of drug-likeness (QED) is 0.827. The largest absolute Gasteiger partial charge is 0.343 e. The Morgan fingerprint density at radius 1 is 1.29 bits per heavy atom. The molecule has 1 saturated heterocycles. The number of rotatable bonds is 4. The van der Waals surface area contributed by atoms with Gasteiger partial charge in [0.1, 0.15) is 11.6 Å². The second-order valence-electron chi connectivity index (χ2n) is 6.74. The molecule has 1 rings (SSSR count). The van der Waals surface area contributed by atoms with Crippen molar-refractivity contribution in [2.75, 3.05) is 12.3 Å². The van der Waals surface area contributed by atoms with Gasteiger partial charge in [-0.3, -0.25) is 9.59 Å². The highest BCUT2D eigenvalue weighted by Crippen LogP contribution is 2.26. The Bertz CT molecular complexity index is 536. The van der Waals surface area contributed by atoms with E-state index in [0.29, 0.717) is 6.42 Å². The summed E-state index contributed by atoms with van der Waals surface area (Å²) in [6.45, 7) is 10.0. The molecule has 0 aromatic carbocycles. The van der Waals surface area contributed by atoms with Crippen LogP contribution in [0.5, 0.6) is 0 Å². The fourth-order valence-corrected chi connectivity index (χ4v) is 3.27. The van der Waals surface area contributed by atoms with Crippen LogP contribution in [0.1, 0.15) is 48.0 Å². The smallest absolute Gasteiger partial charge is 0.246 e. The molecule has 0 saturated carbocycles. The van der Waals surface area contributed by atoms with E-state index >= 15 is 0 Å². The van der Waals surface area contributed by atoms with Crippen LogP contribution in [-0.4, -0.2) is 53.8 Å². The molecule has 0 aliphatic carbocycles. The Labute approximate surface area is 127 Å². The predicted molar refractivity (Wildman–Crippen MR) is 81.6 cm³/mol. The number of piperazine rings is 1. The SMILES string of the molecule is CCC1(C)C(=O)NC(C)C(=O)N1CCS(=O)(=O)C(C)(C)C. The maximum Gasteiger partial charge on any atom is 0.246 e. The Morgan fingerprint density at radius 2 is 1.81 bits per heavy atom. The van der Waals surface area contributed by atoms with E-state index in [9.17, 15) is 18.0 Å². The number of carbonyl (C=O) groups is 2. The van der Waals surface area contributed by atoms with Gasteiger partial charge in [-0.1, -0.05) is 6.92 Å². The summed E-state index contributed by atoms with van der Waals surface area (Å²) in [5.74, 6) is -0.606. The molecule has 0 aromatic rings. The third-order valence-corrected chi connectivity index (χ3v) is 6.86. The molecule has 7 heteroatoms. The highest BCUT2D eigenvalue weighted by atomic mass is 32.2. The van der Waals surface area contributed by atoms with Crippen LogP contribution < -0.4 is 5.32 Å². The van der Waals surface area contributed by atoms with Crippen molar-refractivity contribution in [3.63, 3.8) is 0 Å². The topological polar surface area (TPSA) is 83.6 Å². The molecule has 1 fully saturated rings. The summed E-state index contributed by atoms with van der Waals surface area (Å²) in [6.07, 6.45) is 0.437. The van der Waals surface area contributed by atoms with Crippen molar-refractivity contribution in [1.29, 1.82) is 0 Å². The van der Waals surface area contributed by atoms with Gasteiger partial charge >= 0.3 is 0 Å². The van der Waals surface area contributed by atoms with Crippen molar-refractivity contribution in [3.05, 3.63) is 0 Å². The molecule has 1 aliphatic rings. The van der Waals surface area contributed by atoms with Gasteiger partial charge in [-0.15, -0.1) is 0 Å². The maximum atomic E-state index is 12.3. The fraction of sp³-hybridized carbons (Fsp3) is 0.857. The molecule has 1 heterocycles. The molecule has 2 atom stereocenters. The van der Waals surface area contributed by atoms with E-state index in [1.807, 2.05) is 6.92 Å². The summed E-state index contributed by atoms with van der Waals surface area (Å²) >= 11 is 0. The highest BCUT2D eigenvalue weighted by Gasteiger charge is 2.47. The van der Waals surface area contributed by atoms with Crippen LogP contribution in [0.4, 0.5) is 0 Å². The molecule has 0 radical (unpaired) electrons. The number of hydrogen-bond donors (Lipinski definition) is 1.